The fraction of sp³-hybridized carbons (Fsp3) is 0.750. The number of fused-ring (bicyclic) bond motifs is 5. The molecule has 4 aliphatic carbocycles. The first-order chi connectivity index (χ1) is 11.1. The van der Waals surface area contributed by atoms with Crippen LogP contribution in [0.25, 0.3) is 0 Å². The maximum Gasteiger partial charge on any atom is 0.174 e. The molecule has 0 N–H and O–H groups in total. The number of carbonyl (C=O) groups is 1. The minimum absolute atomic E-state index is 0.185. The fourth-order valence-corrected chi connectivity index (χ4v) is 7.03. The predicted molar refractivity (Wildman–Crippen MR) is 95.7 cm³/mol. The predicted octanol–water partition coefficient (Wildman–Crippen LogP) is 5.86. The van der Waals surface area contributed by atoms with Gasteiger partial charge in [0.05, 0.1) is 5.03 Å². The molecular formula is C20H26Cl2O. The second kappa shape index (κ2) is 5.92. The van der Waals surface area contributed by atoms with E-state index in [1.54, 1.807) is 5.57 Å². The smallest absolute Gasteiger partial charge is 0.174 e. The number of Topliss-reactive ketones (excluding diaryl/α,β-unsaturated/α-hetero) is 1. The van der Waals surface area contributed by atoms with E-state index in [-0.39, 0.29) is 5.78 Å². The van der Waals surface area contributed by atoms with E-state index in [1.807, 2.05) is 0 Å². The summed E-state index contributed by atoms with van der Waals surface area (Å²) in [7, 11) is 0. The van der Waals surface area contributed by atoms with Gasteiger partial charge in [-0.2, -0.15) is 0 Å². The Morgan fingerprint density at radius 2 is 1.96 bits per heavy atom. The van der Waals surface area contributed by atoms with Crippen LogP contribution in [0.5, 0.6) is 0 Å². The third kappa shape index (κ3) is 2.37. The van der Waals surface area contributed by atoms with Crippen LogP contribution in [0.4, 0.5) is 0 Å². The van der Waals surface area contributed by atoms with Gasteiger partial charge in [-0.15, -0.1) is 11.6 Å². The van der Waals surface area contributed by atoms with Crippen LogP contribution < -0.4 is 0 Å². The van der Waals surface area contributed by atoms with Crippen molar-refractivity contribution < 1.29 is 4.79 Å². The van der Waals surface area contributed by atoms with Crippen LogP contribution in [0.1, 0.15) is 58.3 Å². The fourth-order valence-electron chi connectivity index (χ4n) is 6.51. The highest BCUT2D eigenvalue weighted by Crippen LogP contribution is 2.63. The van der Waals surface area contributed by atoms with E-state index in [1.165, 1.54) is 37.7 Å². The van der Waals surface area contributed by atoms with Gasteiger partial charge in [0, 0.05) is 12.3 Å². The van der Waals surface area contributed by atoms with E-state index in [4.69, 9.17) is 23.2 Å². The van der Waals surface area contributed by atoms with Crippen molar-refractivity contribution in [3.63, 3.8) is 0 Å². The molecule has 0 aliphatic heterocycles. The Morgan fingerprint density at radius 3 is 2.74 bits per heavy atom. The second-order valence-electron chi connectivity index (χ2n) is 8.26. The van der Waals surface area contributed by atoms with Crippen LogP contribution in [0.3, 0.4) is 0 Å². The number of hydrogen-bond donors (Lipinski definition) is 0. The van der Waals surface area contributed by atoms with Crippen molar-refractivity contribution in [2.45, 2.75) is 58.3 Å². The first kappa shape index (κ1) is 16.2. The molecule has 3 saturated carbocycles. The quantitative estimate of drug-likeness (QED) is 0.426. The molecule has 3 fully saturated rings. The third-order valence-electron chi connectivity index (χ3n) is 7.58. The molecule has 0 radical (unpaired) electrons. The van der Waals surface area contributed by atoms with Crippen molar-refractivity contribution in [3.8, 4) is 0 Å². The second-order valence-corrected chi connectivity index (χ2v) is 8.95. The van der Waals surface area contributed by atoms with Gasteiger partial charge >= 0.3 is 0 Å². The van der Waals surface area contributed by atoms with E-state index in [9.17, 15) is 4.79 Å². The van der Waals surface area contributed by atoms with Crippen molar-refractivity contribution >= 4 is 29.0 Å². The molecule has 23 heavy (non-hydrogen) atoms. The number of halogens is 2. The zero-order chi connectivity index (χ0) is 16.2. The van der Waals surface area contributed by atoms with Crippen LogP contribution >= 0.6 is 23.2 Å². The molecule has 0 bridgehead atoms. The van der Waals surface area contributed by atoms with Gasteiger partial charge in [0.15, 0.2) is 5.78 Å². The van der Waals surface area contributed by atoms with Gasteiger partial charge in [-0.25, -0.2) is 0 Å². The highest BCUT2D eigenvalue weighted by molar-refractivity contribution is 6.43. The molecule has 126 valence electrons. The molecule has 0 aromatic carbocycles. The Hall–Kier alpha value is -0.270. The molecule has 4 unspecified atom stereocenters. The van der Waals surface area contributed by atoms with Crippen LogP contribution in [0, 0.1) is 29.1 Å². The number of alkyl halides is 1. The highest BCUT2D eigenvalue weighted by Gasteiger charge is 2.54. The maximum absolute atomic E-state index is 11.9. The summed E-state index contributed by atoms with van der Waals surface area (Å²) < 4.78 is 0. The molecule has 0 aromatic rings. The Balaban J connectivity index is 1.64. The molecule has 3 heteroatoms. The zero-order valence-corrected chi connectivity index (χ0v) is 15.4. The summed E-state index contributed by atoms with van der Waals surface area (Å²) in [6.07, 6.45) is 11.4. The molecular weight excluding hydrogens is 327 g/mol. The Labute approximate surface area is 149 Å². The van der Waals surface area contributed by atoms with Crippen molar-refractivity contribution in [1.82, 2.24) is 0 Å². The lowest BCUT2D eigenvalue weighted by molar-refractivity contribution is -0.116. The SMILES string of the molecule is C[C@]12CCC3C4CCC(=O)C(Cl)=C4CCC3C1CC/C2=C\CCl. The summed E-state index contributed by atoms with van der Waals surface area (Å²) >= 11 is 12.4. The number of rotatable bonds is 1. The lowest BCUT2D eigenvalue weighted by atomic mass is 9.52. The lowest BCUT2D eigenvalue weighted by Gasteiger charge is -2.53. The monoisotopic (exact) mass is 352 g/mol. The summed E-state index contributed by atoms with van der Waals surface area (Å²) in [5.74, 6) is 3.82. The standard InChI is InChI=1S/C20H26Cl2O/c1-20-10-8-14-13-5-7-18(23)19(22)16(13)4-3-15(14)17(20)6-2-12(20)9-11-21/h9,13-15,17H,2-8,10-11H2,1H3/b12-9+/t13?,14?,15?,17?,20-/m1/s1. The minimum atomic E-state index is 0.185. The van der Waals surface area contributed by atoms with Crippen LogP contribution in [0.2, 0.25) is 0 Å². The Morgan fingerprint density at radius 1 is 1.13 bits per heavy atom. The average Bonchev–Trinajstić information content (AvgIpc) is 2.88. The minimum Gasteiger partial charge on any atom is -0.293 e. The number of ketones is 1. The van der Waals surface area contributed by atoms with E-state index >= 15 is 0 Å². The van der Waals surface area contributed by atoms with Gasteiger partial charge < -0.3 is 0 Å². The summed E-state index contributed by atoms with van der Waals surface area (Å²) in [6, 6.07) is 0. The van der Waals surface area contributed by atoms with Crippen LogP contribution in [0.15, 0.2) is 22.3 Å². The summed E-state index contributed by atoms with van der Waals surface area (Å²) in [5, 5.41) is 0.599. The van der Waals surface area contributed by atoms with Gasteiger partial charge in [0.2, 0.25) is 0 Å². The molecule has 4 rings (SSSR count). The summed E-state index contributed by atoms with van der Waals surface area (Å²) in [4.78, 5) is 11.9. The molecule has 4 aliphatic rings. The normalized spacial score (nSPS) is 45.0. The van der Waals surface area contributed by atoms with E-state index in [0.29, 0.717) is 28.7 Å². The first-order valence-electron chi connectivity index (χ1n) is 9.23. The number of allylic oxidation sites excluding steroid dienone is 3. The van der Waals surface area contributed by atoms with E-state index in [2.05, 4.69) is 13.0 Å². The summed E-state index contributed by atoms with van der Waals surface area (Å²) in [6.45, 7) is 2.49. The van der Waals surface area contributed by atoms with Crippen molar-refractivity contribution in [2.24, 2.45) is 29.1 Å². The topological polar surface area (TPSA) is 17.1 Å². The molecule has 5 atom stereocenters. The van der Waals surface area contributed by atoms with Crippen LogP contribution in [-0.4, -0.2) is 11.7 Å². The van der Waals surface area contributed by atoms with Gasteiger partial charge in [-0.05, 0) is 79.6 Å². The van der Waals surface area contributed by atoms with Gasteiger partial charge in [0.25, 0.3) is 0 Å². The third-order valence-corrected chi connectivity index (χ3v) is 8.19. The Kier molecular flexibility index (Phi) is 4.17. The van der Waals surface area contributed by atoms with Crippen molar-refractivity contribution in [1.29, 1.82) is 0 Å². The van der Waals surface area contributed by atoms with Gasteiger partial charge in [-0.1, -0.05) is 30.2 Å². The molecule has 0 saturated heterocycles. The molecule has 0 aromatic heterocycles. The van der Waals surface area contributed by atoms with Crippen molar-refractivity contribution in [3.05, 3.63) is 22.3 Å². The van der Waals surface area contributed by atoms with Gasteiger partial charge in [0.1, 0.15) is 0 Å². The molecule has 0 heterocycles. The Bertz CT molecular complexity index is 590. The number of carbonyl (C=O) groups excluding carboxylic acids is 1. The van der Waals surface area contributed by atoms with Crippen molar-refractivity contribution in [2.75, 3.05) is 5.88 Å². The largest absolute Gasteiger partial charge is 0.293 e. The summed E-state index contributed by atoms with van der Waals surface area (Å²) in [5.41, 5.74) is 3.31. The van der Waals surface area contributed by atoms with Gasteiger partial charge in [-0.3, -0.25) is 4.79 Å². The first-order valence-corrected chi connectivity index (χ1v) is 10.1. The van der Waals surface area contributed by atoms with Crippen LogP contribution in [-0.2, 0) is 4.79 Å². The maximum atomic E-state index is 11.9. The lowest BCUT2D eigenvalue weighted by Crippen LogP contribution is -2.45. The van der Waals surface area contributed by atoms with E-state index < -0.39 is 0 Å². The average molecular weight is 353 g/mol. The zero-order valence-electron chi connectivity index (χ0n) is 13.9. The molecule has 0 spiro atoms. The molecule has 0 amide bonds. The van der Waals surface area contributed by atoms with E-state index in [0.717, 1.165) is 30.6 Å². The molecule has 1 nitrogen and oxygen atoms in total. The highest BCUT2D eigenvalue weighted by atomic mass is 35.5. The number of hydrogen-bond acceptors (Lipinski definition) is 1.